The Labute approximate surface area is 92.9 Å². The van der Waals surface area contributed by atoms with Crippen molar-refractivity contribution in [3.8, 4) is 0 Å². The predicted octanol–water partition coefficient (Wildman–Crippen LogP) is 0.00154. The predicted molar refractivity (Wildman–Crippen MR) is 56.2 cm³/mol. The molecule has 7 heteroatoms. The van der Waals surface area contributed by atoms with Gasteiger partial charge < -0.3 is 15.2 Å². The van der Waals surface area contributed by atoms with Crippen molar-refractivity contribution in [2.24, 2.45) is 0 Å². The molecule has 2 N–H and O–H groups in total. The number of aliphatic carboxylic acids is 1. The Morgan fingerprint density at radius 3 is 2.75 bits per heavy atom. The molecule has 0 saturated heterocycles. The third kappa shape index (κ3) is 4.18. The monoisotopic (exact) mass is 226 g/mol. The maximum atomic E-state index is 10.1. The van der Waals surface area contributed by atoms with Gasteiger partial charge in [0.1, 0.15) is 6.61 Å². The molecule has 0 amide bonds. The summed E-state index contributed by atoms with van der Waals surface area (Å²) in [5.41, 5.74) is 1.59. The molecule has 7 nitrogen and oxygen atoms in total. The van der Waals surface area contributed by atoms with Crippen LogP contribution in [0.3, 0.4) is 0 Å². The van der Waals surface area contributed by atoms with Crippen molar-refractivity contribution < 1.29 is 14.6 Å². The van der Waals surface area contributed by atoms with E-state index in [-0.39, 0.29) is 13.2 Å². The zero-order valence-electron chi connectivity index (χ0n) is 9.23. The minimum atomic E-state index is -0.982. The summed E-state index contributed by atoms with van der Waals surface area (Å²) in [6, 6.07) is 0. The van der Waals surface area contributed by atoms with Crippen molar-refractivity contribution in [3.05, 3.63) is 11.4 Å². The lowest BCUT2D eigenvalue weighted by Crippen LogP contribution is -2.16. The van der Waals surface area contributed by atoms with Crippen LogP contribution >= 0.6 is 0 Å². The first-order chi connectivity index (χ1) is 7.59. The van der Waals surface area contributed by atoms with Crippen molar-refractivity contribution in [1.29, 1.82) is 0 Å². The molecule has 1 aromatic heterocycles. The van der Waals surface area contributed by atoms with E-state index < -0.39 is 5.97 Å². The molecule has 0 aromatic carbocycles. The summed E-state index contributed by atoms with van der Waals surface area (Å²) >= 11 is 0. The first kappa shape index (κ1) is 12.3. The van der Waals surface area contributed by atoms with Crippen molar-refractivity contribution >= 4 is 11.9 Å². The molecule has 0 aliphatic heterocycles. The number of carboxylic acid groups (broad SMARTS) is 1. The number of carboxylic acids is 1. The van der Waals surface area contributed by atoms with E-state index in [0.717, 1.165) is 11.4 Å². The Hall–Kier alpha value is -1.76. The molecule has 1 heterocycles. The van der Waals surface area contributed by atoms with Gasteiger partial charge in [0.25, 0.3) is 0 Å². The van der Waals surface area contributed by atoms with Crippen LogP contribution in [0.5, 0.6) is 0 Å². The molecule has 0 bridgehead atoms. The summed E-state index contributed by atoms with van der Waals surface area (Å²) in [5, 5.41) is 18.9. The van der Waals surface area contributed by atoms with Crippen LogP contribution in [0.15, 0.2) is 0 Å². The second-order valence-electron chi connectivity index (χ2n) is 3.18. The topological polar surface area (TPSA) is 97.2 Å². The van der Waals surface area contributed by atoms with E-state index in [1.54, 1.807) is 0 Å². The van der Waals surface area contributed by atoms with Crippen LogP contribution in [0, 0.1) is 13.8 Å². The number of nitrogens with zero attached hydrogens (tertiary/aromatic N) is 3. The van der Waals surface area contributed by atoms with Crippen LogP contribution in [-0.2, 0) is 9.53 Å². The third-order valence-electron chi connectivity index (χ3n) is 1.85. The van der Waals surface area contributed by atoms with Gasteiger partial charge in [0.05, 0.1) is 18.0 Å². The summed E-state index contributed by atoms with van der Waals surface area (Å²) < 4.78 is 4.83. The van der Waals surface area contributed by atoms with Crippen LogP contribution in [0.2, 0.25) is 0 Å². The van der Waals surface area contributed by atoms with Crippen LogP contribution in [0.4, 0.5) is 5.95 Å². The van der Waals surface area contributed by atoms with E-state index in [2.05, 4.69) is 20.5 Å². The summed E-state index contributed by atoms with van der Waals surface area (Å²) in [6.07, 6.45) is 0. The fraction of sp³-hybridized carbons (Fsp3) is 0.556. The van der Waals surface area contributed by atoms with E-state index in [4.69, 9.17) is 9.84 Å². The normalized spacial score (nSPS) is 10.1. The van der Waals surface area contributed by atoms with E-state index >= 15 is 0 Å². The van der Waals surface area contributed by atoms with Gasteiger partial charge in [0.15, 0.2) is 0 Å². The Bertz CT molecular complexity index is 370. The van der Waals surface area contributed by atoms with Gasteiger partial charge >= 0.3 is 5.97 Å². The van der Waals surface area contributed by atoms with Crippen molar-refractivity contribution in [1.82, 2.24) is 15.2 Å². The van der Waals surface area contributed by atoms with Crippen LogP contribution in [0.25, 0.3) is 0 Å². The molecule has 0 spiro atoms. The molecule has 1 aromatic rings. The van der Waals surface area contributed by atoms with Gasteiger partial charge in [-0.1, -0.05) is 0 Å². The average molecular weight is 226 g/mol. The van der Waals surface area contributed by atoms with Crippen LogP contribution in [-0.4, -0.2) is 46.0 Å². The van der Waals surface area contributed by atoms with Crippen molar-refractivity contribution in [2.75, 3.05) is 25.1 Å². The second-order valence-corrected chi connectivity index (χ2v) is 3.18. The SMILES string of the molecule is Cc1nnc(NCCOCC(=O)O)nc1C. The Balaban J connectivity index is 2.27. The van der Waals surface area contributed by atoms with Gasteiger partial charge in [-0.25, -0.2) is 9.78 Å². The number of nitrogens with one attached hydrogen (secondary N) is 1. The zero-order valence-corrected chi connectivity index (χ0v) is 9.23. The first-order valence-electron chi connectivity index (χ1n) is 4.81. The molecule has 0 unspecified atom stereocenters. The maximum Gasteiger partial charge on any atom is 0.329 e. The number of hydrogen-bond acceptors (Lipinski definition) is 6. The molecule has 1 rings (SSSR count). The second kappa shape index (κ2) is 5.96. The molecule has 0 aliphatic rings. The van der Waals surface area contributed by atoms with Gasteiger partial charge in [-0.3, -0.25) is 0 Å². The highest BCUT2D eigenvalue weighted by molar-refractivity contribution is 5.67. The van der Waals surface area contributed by atoms with Crippen LogP contribution in [0.1, 0.15) is 11.4 Å². The number of aromatic nitrogens is 3. The van der Waals surface area contributed by atoms with Gasteiger partial charge in [0.2, 0.25) is 5.95 Å². The number of hydrogen-bond donors (Lipinski definition) is 2. The van der Waals surface area contributed by atoms with Gasteiger partial charge in [0, 0.05) is 6.54 Å². The Morgan fingerprint density at radius 1 is 1.38 bits per heavy atom. The summed E-state index contributed by atoms with van der Waals surface area (Å²) in [7, 11) is 0. The summed E-state index contributed by atoms with van der Waals surface area (Å²) in [4.78, 5) is 14.3. The number of anilines is 1. The van der Waals surface area contributed by atoms with Crippen molar-refractivity contribution in [2.45, 2.75) is 13.8 Å². The van der Waals surface area contributed by atoms with Crippen LogP contribution < -0.4 is 5.32 Å². The number of ether oxygens (including phenoxy) is 1. The van der Waals surface area contributed by atoms with Gasteiger partial charge in [-0.15, -0.1) is 5.10 Å². The lowest BCUT2D eigenvalue weighted by Gasteiger charge is -2.05. The zero-order chi connectivity index (χ0) is 12.0. The summed E-state index contributed by atoms with van der Waals surface area (Å²) in [6.45, 7) is 4.10. The molecule has 16 heavy (non-hydrogen) atoms. The lowest BCUT2D eigenvalue weighted by molar-refractivity contribution is -0.142. The van der Waals surface area contributed by atoms with E-state index in [9.17, 15) is 4.79 Å². The molecule has 0 fully saturated rings. The first-order valence-corrected chi connectivity index (χ1v) is 4.81. The average Bonchev–Trinajstić information content (AvgIpc) is 2.22. The van der Waals surface area contributed by atoms with Gasteiger partial charge in [-0.2, -0.15) is 5.10 Å². The molecule has 0 aliphatic carbocycles. The Kier molecular flexibility index (Phi) is 4.59. The molecule has 0 radical (unpaired) electrons. The molecule has 88 valence electrons. The van der Waals surface area contributed by atoms with E-state index in [1.165, 1.54) is 0 Å². The van der Waals surface area contributed by atoms with E-state index in [0.29, 0.717) is 12.5 Å². The molecule has 0 atom stereocenters. The molecular formula is C9H14N4O3. The smallest absolute Gasteiger partial charge is 0.329 e. The fourth-order valence-corrected chi connectivity index (χ4v) is 0.926. The minimum absolute atomic E-state index is 0.280. The molecular weight excluding hydrogens is 212 g/mol. The summed E-state index contributed by atoms with van der Waals surface area (Å²) in [5.74, 6) is -0.564. The number of rotatable bonds is 6. The highest BCUT2D eigenvalue weighted by Crippen LogP contribution is 2.00. The third-order valence-corrected chi connectivity index (χ3v) is 1.85. The number of carbonyl (C=O) groups is 1. The standard InChI is InChI=1S/C9H14N4O3/c1-6-7(2)12-13-9(11-6)10-3-4-16-5-8(14)15/h3-5H2,1-2H3,(H,14,15)(H,10,11,13). The Morgan fingerprint density at radius 2 is 2.12 bits per heavy atom. The quantitative estimate of drug-likeness (QED) is 0.659. The van der Waals surface area contributed by atoms with E-state index in [1.807, 2.05) is 13.8 Å². The number of aryl methyl sites for hydroxylation is 2. The molecule has 0 saturated carbocycles. The maximum absolute atomic E-state index is 10.1. The minimum Gasteiger partial charge on any atom is -0.480 e. The lowest BCUT2D eigenvalue weighted by atomic mass is 10.4. The highest BCUT2D eigenvalue weighted by Gasteiger charge is 2.00. The van der Waals surface area contributed by atoms with Gasteiger partial charge in [-0.05, 0) is 13.8 Å². The highest BCUT2D eigenvalue weighted by atomic mass is 16.5. The largest absolute Gasteiger partial charge is 0.480 e. The fourth-order valence-electron chi connectivity index (χ4n) is 0.926. The van der Waals surface area contributed by atoms with Crippen molar-refractivity contribution in [3.63, 3.8) is 0 Å².